The van der Waals surface area contributed by atoms with E-state index in [0.29, 0.717) is 18.6 Å². The topological polar surface area (TPSA) is 26.3 Å². The summed E-state index contributed by atoms with van der Waals surface area (Å²) < 4.78 is 30.6. The Morgan fingerprint density at radius 2 is 2.06 bits per heavy atom. The van der Waals surface area contributed by atoms with Gasteiger partial charge in [0.15, 0.2) is 17.4 Å². The average Bonchev–Trinajstić information content (AvgIpc) is 2.33. The first-order valence-corrected chi connectivity index (χ1v) is 4.99. The van der Waals surface area contributed by atoms with Gasteiger partial charge in [-0.05, 0) is 31.0 Å². The highest BCUT2D eigenvalue weighted by molar-refractivity contribution is 6.08. The molecule has 0 fully saturated rings. The second kappa shape index (κ2) is 4.43. The highest BCUT2D eigenvalue weighted by Crippen LogP contribution is 2.18. The zero-order valence-electron chi connectivity index (χ0n) is 8.50. The Morgan fingerprint density at radius 1 is 1.25 bits per heavy atom. The van der Waals surface area contributed by atoms with E-state index in [-0.39, 0.29) is 11.3 Å². The van der Waals surface area contributed by atoms with Crippen LogP contribution in [0.5, 0.6) is 0 Å². The van der Waals surface area contributed by atoms with Crippen LogP contribution in [-0.2, 0) is 4.74 Å². The average molecular weight is 224 g/mol. The summed E-state index contributed by atoms with van der Waals surface area (Å²) >= 11 is 0. The quantitative estimate of drug-likeness (QED) is 0.722. The molecule has 0 N–H and O–H groups in total. The number of rotatable bonds is 2. The second-order valence-electron chi connectivity index (χ2n) is 3.58. The van der Waals surface area contributed by atoms with Crippen molar-refractivity contribution in [3.05, 3.63) is 47.2 Å². The normalized spacial score (nSPS) is 15.2. The zero-order chi connectivity index (χ0) is 11.5. The highest BCUT2D eigenvalue weighted by Gasteiger charge is 2.16. The third-order valence-corrected chi connectivity index (χ3v) is 2.41. The lowest BCUT2D eigenvalue weighted by Gasteiger charge is -2.12. The molecule has 16 heavy (non-hydrogen) atoms. The predicted molar refractivity (Wildman–Crippen MR) is 54.0 cm³/mol. The molecule has 0 unspecified atom stereocenters. The fourth-order valence-corrected chi connectivity index (χ4v) is 1.55. The van der Waals surface area contributed by atoms with E-state index in [0.717, 1.165) is 18.6 Å². The highest BCUT2D eigenvalue weighted by atomic mass is 19.2. The summed E-state index contributed by atoms with van der Waals surface area (Å²) in [5, 5.41) is 0. The number of carbonyl (C=O) groups is 1. The Hall–Kier alpha value is -1.71. The number of hydrogen-bond donors (Lipinski definition) is 0. The van der Waals surface area contributed by atoms with Gasteiger partial charge in [-0.2, -0.15) is 0 Å². The minimum atomic E-state index is -1.01. The van der Waals surface area contributed by atoms with Crippen molar-refractivity contribution >= 4 is 5.78 Å². The SMILES string of the molecule is O=C(C1=COCCC1)c1ccc(F)c(F)c1. The lowest BCUT2D eigenvalue weighted by atomic mass is 10.00. The summed E-state index contributed by atoms with van der Waals surface area (Å²) in [6.45, 7) is 0.592. The predicted octanol–water partition coefficient (Wildman–Crippen LogP) is 2.84. The van der Waals surface area contributed by atoms with Crippen LogP contribution in [0.1, 0.15) is 23.2 Å². The summed E-state index contributed by atoms with van der Waals surface area (Å²) in [6, 6.07) is 3.14. The summed E-state index contributed by atoms with van der Waals surface area (Å²) in [5.41, 5.74) is 0.646. The van der Waals surface area contributed by atoms with Gasteiger partial charge in [0.25, 0.3) is 0 Å². The Labute approximate surface area is 91.5 Å². The summed E-state index contributed by atoms with van der Waals surface area (Å²) in [7, 11) is 0. The molecule has 0 spiro atoms. The lowest BCUT2D eigenvalue weighted by molar-refractivity contribution is 0.101. The van der Waals surface area contributed by atoms with Crippen LogP contribution >= 0.6 is 0 Å². The number of allylic oxidation sites excluding steroid dienone is 1. The molecule has 0 saturated carbocycles. The van der Waals surface area contributed by atoms with E-state index in [1.807, 2.05) is 0 Å². The van der Waals surface area contributed by atoms with Crippen LogP contribution in [0.15, 0.2) is 30.0 Å². The molecule has 0 aliphatic carbocycles. The Balaban J connectivity index is 2.26. The number of ketones is 1. The molecule has 1 heterocycles. The molecule has 1 aliphatic rings. The van der Waals surface area contributed by atoms with Crippen molar-refractivity contribution in [2.75, 3.05) is 6.61 Å². The Morgan fingerprint density at radius 3 is 2.69 bits per heavy atom. The molecule has 0 amide bonds. The van der Waals surface area contributed by atoms with Crippen LogP contribution in [0.25, 0.3) is 0 Å². The van der Waals surface area contributed by atoms with E-state index in [9.17, 15) is 13.6 Å². The number of halogens is 2. The van der Waals surface area contributed by atoms with Gasteiger partial charge in [-0.1, -0.05) is 0 Å². The molecular formula is C12H10F2O2. The Bertz CT molecular complexity index is 452. The molecule has 2 nitrogen and oxygen atoms in total. The van der Waals surface area contributed by atoms with Gasteiger partial charge in [0.1, 0.15) is 0 Å². The molecule has 4 heteroatoms. The largest absolute Gasteiger partial charge is 0.501 e. The smallest absolute Gasteiger partial charge is 0.192 e. The van der Waals surface area contributed by atoms with Gasteiger partial charge in [-0.25, -0.2) is 8.78 Å². The van der Waals surface area contributed by atoms with Crippen molar-refractivity contribution in [1.82, 2.24) is 0 Å². The van der Waals surface area contributed by atoms with Crippen molar-refractivity contribution in [3.8, 4) is 0 Å². The second-order valence-corrected chi connectivity index (χ2v) is 3.58. The van der Waals surface area contributed by atoms with Gasteiger partial charge in [0.2, 0.25) is 0 Å². The molecule has 2 rings (SSSR count). The minimum Gasteiger partial charge on any atom is -0.501 e. The van der Waals surface area contributed by atoms with Crippen LogP contribution in [-0.4, -0.2) is 12.4 Å². The number of carbonyl (C=O) groups excluding carboxylic acids is 1. The van der Waals surface area contributed by atoms with E-state index in [2.05, 4.69) is 0 Å². The first-order valence-electron chi connectivity index (χ1n) is 4.99. The molecule has 0 saturated heterocycles. The van der Waals surface area contributed by atoms with Crippen LogP contribution in [0.4, 0.5) is 8.78 Å². The van der Waals surface area contributed by atoms with Crippen LogP contribution in [0, 0.1) is 11.6 Å². The van der Waals surface area contributed by atoms with Crippen LogP contribution in [0.3, 0.4) is 0 Å². The van der Waals surface area contributed by atoms with Gasteiger partial charge in [-0.15, -0.1) is 0 Å². The molecule has 0 radical (unpaired) electrons. The van der Waals surface area contributed by atoms with Crippen LogP contribution < -0.4 is 0 Å². The molecule has 0 bridgehead atoms. The molecule has 0 aromatic heterocycles. The maximum atomic E-state index is 12.9. The number of hydrogen-bond acceptors (Lipinski definition) is 2. The first kappa shape index (κ1) is 10.8. The van der Waals surface area contributed by atoms with Gasteiger partial charge in [-0.3, -0.25) is 4.79 Å². The fourth-order valence-electron chi connectivity index (χ4n) is 1.55. The number of ether oxygens (including phenoxy) is 1. The monoisotopic (exact) mass is 224 g/mol. The first-order chi connectivity index (χ1) is 7.68. The fraction of sp³-hybridized carbons (Fsp3) is 0.250. The maximum Gasteiger partial charge on any atom is 0.192 e. The Kier molecular flexibility index (Phi) is 2.99. The van der Waals surface area contributed by atoms with Crippen molar-refractivity contribution in [1.29, 1.82) is 0 Å². The van der Waals surface area contributed by atoms with Crippen LogP contribution in [0.2, 0.25) is 0 Å². The van der Waals surface area contributed by atoms with E-state index in [4.69, 9.17) is 4.74 Å². The van der Waals surface area contributed by atoms with E-state index >= 15 is 0 Å². The lowest BCUT2D eigenvalue weighted by Crippen LogP contribution is -2.09. The number of benzene rings is 1. The molecule has 1 aromatic rings. The third kappa shape index (κ3) is 2.10. The molecule has 1 aromatic carbocycles. The van der Waals surface area contributed by atoms with Gasteiger partial charge in [0.05, 0.1) is 12.9 Å². The van der Waals surface area contributed by atoms with E-state index in [1.54, 1.807) is 0 Å². The summed E-state index contributed by atoms with van der Waals surface area (Å²) in [4.78, 5) is 11.8. The molecule has 84 valence electrons. The van der Waals surface area contributed by atoms with Gasteiger partial charge >= 0.3 is 0 Å². The maximum absolute atomic E-state index is 12.9. The molecule has 1 aliphatic heterocycles. The summed E-state index contributed by atoms with van der Waals surface area (Å²) in [6.07, 6.45) is 2.77. The minimum absolute atomic E-state index is 0.149. The van der Waals surface area contributed by atoms with Crippen molar-refractivity contribution in [2.45, 2.75) is 12.8 Å². The van der Waals surface area contributed by atoms with Crippen molar-refractivity contribution in [2.24, 2.45) is 0 Å². The third-order valence-electron chi connectivity index (χ3n) is 2.41. The van der Waals surface area contributed by atoms with Gasteiger partial charge in [0, 0.05) is 11.1 Å². The zero-order valence-corrected chi connectivity index (χ0v) is 8.50. The van der Waals surface area contributed by atoms with E-state index < -0.39 is 11.6 Å². The molecular weight excluding hydrogens is 214 g/mol. The van der Waals surface area contributed by atoms with Crippen molar-refractivity contribution in [3.63, 3.8) is 0 Å². The molecule has 0 atom stereocenters. The summed E-state index contributed by atoms with van der Waals surface area (Å²) in [5.74, 6) is -2.27. The van der Waals surface area contributed by atoms with E-state index in [1.165, 1.54) is 12.3 Å². The van der Waals surface area contributed by atoms with Crippen molar-refractivity contribution < 1.29 is 18.3 Å². The van der Waals surface area contributed by atoms with Gasteiger partial charge < -0.3 is 4.74 Å². The number of Topliss-reactive ketones (excluding diaryl/α,β-unsaturated/α-hetero) is 1. The standard InChI is InChI=1S/C12H10F2O2/c13-10-4-3-8(6-11(10)14)12(15)9-2-1-5-16-7-9/h3-4,6-7H,1-2,5H2.